The van der Waals surface area contributed by atoms with Crippen LogP contribution in [0, 0.1) is 5.92 Å². The first kappa shape index (κ1) is 38.9. The van der Waals surface area contributed by atoms with Gasteiger partial charge in [-0.3, -0.25) is 0 Å². The number of rotatable bonds is 15. The lowest BCUT2D eigenvalue weighted by Gasteiger charge is -2.46. The molecule has 0 aromatic carbocycles. The summed E-state index contributed by atoms with van der Waals surface area (Å²) in [6.45, 7) is 14.5. The van der Waals surface area contributed by atoms with E-state index in [0.29, 0.717) is 25.7 Å². The fourth-order valence-corrected chi connectivity index (χ4v) is 6.41. The first-order chi connectivity index (χ1) is 22.9. The van der Waals surface area contributed by atoms with Gasteiger partial charge in [-0.2, -0.15) is 0 Å². The average Bonchev–Trinajstić information content (AvgIpc) is 3.68. The number of esters is 2. The van der Waals surface area contributed by atoms with Crippen LogP contribution < -0.4 is 0 Å². The fraction of sp³-hybridized carbons (Fsp3) is 0.657. The third-order valence-electron chi connectivity index (χ3n) is 9.87. The second-order valence-electron chi connectivity index (χ2n) is 13.9. The van der Waals surface area contributed by atoms with Crippen LogP contribution in [-0.4, -0.2) is 121 Å². The Hall–Kier alpha value is -2.92. The maximum atomic E-state index is 13.7. The molecule has 14 heteroatoms. The van der Waals surface area contributed by atoms with E-state index in [1.807, 2.05) is 0 Å². The number of aliphatic hydroxyl groups is 6. The molecule has 1 saturated carbocycles. The van der Waals surface area contributed by atoms with Crippen molar-refractivity contribution in [3.05, 3.63) is 60.9 Å². The molecule has 0 spiro atoms. The van der Waals surface area contributed by atoms with Crippen LogP contribution in [0.25, 0.3) is 0 Å². The van der Waals surface area contributed by atoms with Gasteiger partial charge in [0.1, 0.15) is 42.0 Å². The Morgan fingerprint density at radius 1 is 0.918 bits per heavy atom. The zero-order valence-electron chi connectivity index (χ0n) is 28.6. The molecule has 4 rings (SSSR count). The largest absolute Gasteiger partial charge is 0.472 e. The molecule has 6 N–H and O–H groups in total. The van der Waals surface area contributed by atoms with E-state index in [-0.39, 0.29) is 11.1 Å². The molecular formula is C35H50O14. The van der Waals surface area contributed by atoms with Crippen molar-refractivity contribution in [2.24, 2.45) is 5.92 Å². The van der Waals surface area contributed by atoms with E-state index in [4.69, 9.17) is 28.4 Å². The highest BCUT2D eigenvalue weighted by Gasteiger charge is 2.83. The lowest BCUT2D eigenvalue weighted by molar-refractivity contribution is -0.350. The Morgan fingerprint density at radius 3 is 2.04 bits per heavy atom. The number of fused-ring (bicyclic) bond motifs is 3. The van der Waals surface area contributed by atoms with Gasteiger partial charge in [0, 0.05) is 11.1 Å². The third-order valence-corrected chi connectivity index (χ3v) is 9.87. The molecule has 274 valence electrons. The van der Waals surface area contributed by atoms with Gasteiger partial charge in [-0.25, -0.2) is 9.59 Å². The van der Waals surface area contributed by atoms with Gasteiger partial charge in [0.25, 0.3) is 0 Å². The number of ether oxygens (including phenoxy) is 6. The van der Waals surface area contributed by atoms with Crippen molar-refractivity contribution in [1.29, 1.82) is 0 Å². The van der Waals surface area contributed by atoms with E-state index in [9.17, 15) is 40.2 Å². The van der Waals surface area contributed by atoms with Gasteiger partial charge in [-0.1, -0.05) is 24.3 Å². The Morgan fingerprint density at radius 2 is 1.49 bits per heavy atom. The molecule has 4 aliphatic rings. The molecule has 0 aromatic heterocycles. The first-order valence-corrected chi connectivity index (χ1v) is 16.3. The molecular weight excluding hydrogens is 644 g/mol. The van der Waals surface area contributed by atoms with Crippen molar-refractivity contribution in [3.63, 3.8) is 0 Å². The summed E-state index contributed by atoms with van der Waals surface area (Å²) >= 11 is 0. The standard InChI is InChI=1S/C35H50O14/c1-8-32(5,42)14-10-12-19(3)28(40)46-27-26-34(7,48-26)25-31(47-30-24(39)23(38)22(37)21(18-36)45-30)44-17-16-35(25,27)49-29(41)20(4)13-11-15-33(6,43)9-2/h8-9,12-13,16-17,21-27,30-31,36-39,42-43H,1-2,10-11,14-15,18H2,3-7H3. The van der Waals surface area contributed by atoms with E-state index in [1.54, 1.807) is 46.8 Å². The predicted octanol–water partition coefficient (Wildman–Crippen LogP) is 0.981. The zero-order chi connectivity index (χ0) is 36.5. The van der Waals surface area contributed by atoms with Crippen molar-refractivity contribution in [1.82, 2.24) is 0 Å². The molecule has 13 atom stereocenters. The van der Waals surface area contributed by atoms with E-state index >= 15 is 0 Å². The number of hydrogen-bond donors (Lipinski definition) is 6. The van der Waals surface area contributed by atoms with Crippen LogP contribution >= 0.6 is 0 Å². The van der Waals surface area contributed by atoms with Gasteiger partial charge >= 0.3 is 11.9 Å². The van der Waals surface area contributed by atoms with Crippen LogP contribution in [0.15, 0.2) is 60.9 Å². The summed E-state index contributed by atoms with van der Waals surface area (Å²) in [6.07, 6.45) is -1.37. The minimum absolute atomic E-state index is 0.210. The van der Waals surface area contributed by atoms with Gasteiger partial charge < -0.3 is 59.1 Å². The van der Waals surface area contributed by atoms with Gasteiger partial charge in [-0.15, -0.1) is 13.2 Å². The molecule has 3 aliphatic heterocycles. The van der Waals surface area contributed by atoms with Crippen molar-refractivity contribution in [2.45, 2.75) is 132 Å². The predicted molar refractivity (Wildman–Crippen MR) is 172 cm³/mol. The number of carbonyl (C=O) groups excluding carboxylic acids is 2. The number of aliphatic hydroxyl groups excluding tert-OH is 4. The third kappa shape index (κ3) is 8.03. The van der Waals surface area contributed by atoms with Crippen molar-refractivity contribution in [2.75, 3.05) is 6.61 Å². The summed E-state index contributed by atoms with van der Waals surface area (Å²) in [5.41, 5.74) is -4.69. The highest BCUT2D eigenvalue weighted by atomic mass is 16.8. The maximum absolute atomic E-state index is 13.7. The Kier molecular flexibility index (Phi) is 11.7. The molecule has 1 aliphatic carbocycles. The summed E-state index contributed by atoms with van der Waals surface area (Å²) in [4.78, 5) is 27.1. The SMILES string of the molecule is C=CC(C)(O)CCC=C(C)C(=O)OC1C2OC2(C)C2C(OC3OC(CO)C(O)C(O)C3O)OC=CC12OC(=O)C(C)=CCCC(C)(O)C=C. The molecule has 0 radical (unpaired) electrons. The fourth-order valence-electron chi connectivity index (χ4n) is 6.41. The molecule has 2 saturated heterocycles. The lowest BCUT2D eigenvalue weighted by Crippen LogP contribution is -2.62. The second-order valence-corrected chi connectivity index (χ2v) is 13.9. The normalized spacial score (nSPS) is 39.4. The zero-order valence-corrected chi connectivity index (χ0v) is 28.6. The first-order valence-electron chi connectivity index (χ1n) is 16.3. The molecule has 13 unspecified atom stereocenters. The number of carbonyl (C=O) groups is 2. The number of epoxide rings is 1. The molecule has 3 fully saturated rings. The maximum Gasteiger partial charge on any atom is 0.334 e. The van der Waals surface area contributed by atoms with E-state index in [1.165, 1.54) is 24.5 Å². The summed E-state index contributed by atoms with van der Waals surface area (Å²) in [5, 5.41) is 61.5. The van der Waals surface area contributed by atoms with Crippen molar-refractivity contribution in [3.8, 4) is 0 Å². The lowest BCUT2D eigenvalue weighted by atomic mass is 9.81. The van der Waals surface area contributed by atoms with Gasteiger partial charge in [0.2, 0.25) is 6.29 Å². The smallest absolute Gasteiger partial charge is 0.334 e. The monoisotopic (exact) mass is 694 g/mol. The Labute approximate surface area is 285 Å². The van der Waals surface area contributed by atoms with Crippen LogP contribution in [0.4, 0.5) is 0 Å². The number of allylic oxidation sites excluding steroid dienone is 2. The van der Waals surface area contributed by atoms with E-state index in [0.717, 1.165) is 0 Å². The minimum atomic E-state index is -1.75. The summed E-state index contributed by atoms with van der Waals surface area (Å²) < 4.78 is 35.6. The molecule has 0 aromatic rings. The Balaban J connectivity index is 1.65. The van der Waals surface area contributed by atoms with Crippen LogP contribution in [0.3, 0.4) is 0 Å². The van der Waals surface area contributed by atoms with Crippen molar-refractivity contribution >= 4 is 11.9 Å². The Bertz CT molecular complexity index is 1350. The van der Waals surface area contributed by atoms with E-state index < -0.39 is 96.1 Å². The minimum Gasteiger partial charge on any atom is -0.472 e. The molecule has 0 amide bonds. The van der Waals surface area contributed by atoms with Crippen LogP contribution in [0.2, 0.25) is 0 Å². The van der Waals surface area contributed by atoms with Crippen molar-refractivity contribution < 1.29 is 68.6 Å². The average molecular weight is 695 g/mol. The molecule has 3 heterocycles. The number of hydrogen-bond acceptors (Lipinski definition) is 14. The highest BCUT2D eigenvalue weighted by molar-refractivity contribution is 5.89. The summed E-state index contributed by atoms with van der Waals surface area (Å²) in [5.74, 6) is -2.50. The van der Waals surface area contributed by atoms with Gasteiger partial charge in [-0.05, 0) is 66.4 Å². The van der Waals surface area contributed by atoms with Gasteiger partial charge in [0.15, 0.2) is 18.0 Å². The topological polar surface area (TPSA) is 214 Å². The van der Waals surface area contributed by atoms with Crippen LogP contribution in [0.5, 0.6) is 0 Å². The molecule has 49 heavy (non-hydrogen) atoms. The molecule has 0 bridgehead atoms. The van der Waals surface area contributed by atoms with Crippen LogP contribution in [-0.2, 0) is 38.0 Å². The van der Waals surface area contributed by atoms with Crippen LogP contribution in [0.1, 0.15) is 60.3 Å². The summed E-state index contributed by atoms with van der Waals surface area (Å²) in [6, 6.07) is 0. The second kappa shape index (κ2) is 14.7. The quantitative estimate of drug-likeness (QED) is 0.0611. The van der Waals surface area contributed by atoms with Gasteiger partial charge in [0.05, 0.1) is 24.1 Å². The molecule has 14 nitrogen and oxygen atoms in total. The summed E-state index contributed by atoms with van der Waals surface area (Å²) in [7, 11) is 0. The van der Waals surface area contributed by atoms with E-state index in [2.05, 4.69) is 13.2 Å². The highest BCUT2D eigenvalue weighted by Crippen LogP contribution is 2.63.